The Morgan fingerprint density at radius 3 is 3.11 bits per heavy atom. The molecule has 6 heteroatoms. The molecule has 1 aromatic rings. The first-order chi connectivity index (χ1) is 8.61. The lowest BCUT2D eigenvalue weighted by Gasteiger charge is -2.21. The molecule has 1 aliphatic rings. The van der Waals surface area contributed by atoms with Crippen LogP contribution in [-0.4, -0.2) is 34.6 Å². The lowest BCUT2D eigenvalue weighted by atomic mass is 9.87. The van der Waals surface area contributed by atoms with E-state index in [-0.39, 0.29) is 5.56 Å². The minimum absolute atomic E-state index is 0.197. The van der Waals surface area contributed by atoms with E-state index in [1.54, 1.807) is 7.11 Å². The Bertz CT molecular complexity index is 509. The zero-order valence-electron chi connectivity index (χ0n) is 10.3. The molecule has 0 bridgehead atoms. The fraction of sp³-hybridized carbons (Fsp3) is 0.583. The second-order valence-corrected chi connectivity index (χ2v) is 4.45. The number of carboxylic acids is 1. The van der Waals surface area contributed by atoms with Crippen LogP contribution < -0.4 is 5.56 Å². The smallest absolute Gasteiger partial charge is 0.306 e. The van der Waals surface area contributed by atoms with Gasteiger partial charge in [0.2, 0.25) is 0 Å². The Kier molecular flexibility index (Phi) is 3.76. The third kappa shape index (κ3) is 2.59. The van der Waals surface area contributed by atoms with Crippen molar-refractivity contribution in [1.82, 2.24) is 9.78 Å². The van der Waals surface area contributed by atoms with Crippen LogP contribution in [0.4, 0.5) is 0 Å². The summed E-state index contributed by atoms with van der Waals surface area (Å²) in [7, 11) is 1.57. The monoisotopic (exact) mass is 252 g/mol. The minimum Gasteiger partial charge on any atom is -0.481 e. The van der Waals surface area contributed by atoms with Crippen molar-refractivity contribution < 1.29 is 14.6 Å². The summed E-state index contributed by atoms with van der Waals surface area (Å²) in [6.45, 7) is 0.856. The van der Waals surface area contributed by atoms with Gasteiger partial charge in [0.1, 0.15) is 0 Å². The molecule has 0 amide bonds. The molecule has 1 aromatic heterocycles. The Labute approximate surface area is 104 Å². The number of ether oxygens (including phenoxy) is 1. The Morgan fingerprint density at radius 1 is 1.67 bits per heavy atom. The predicted octanol–water partition coefficient (Wildman–Crippen LogP) is 0.0792. The quantitative estimate of drug-likeness (QED) is 0.820. The van der Waals surface area contributed by atoms with E-state index < -0.39 is 11.9 Å². The summed E-state index contributed by atoms with van der Waals surface area (Å²) in [5.74, 6) is -1.20. The number of hydrogen-bond donors (Lipinski definition) is 1. The molecule has 6 nitrogen and oxygen atoms in total. The van der Waals surface area contributed by atoms with Crippen molar-refractivity contribution in [2.75, 3.05) is 13.7 Å². The molecule has 18 heavy (non-hydrogen) atoms. The standard InChI is InChI=1S/C12H16N2O4/c1-18-5-4-14-11(15)7-9-6-8(12(16)17)2-3-10(9)13-14/h7-8H,2-6H2,1H3,(H,16,17)/t8-/m1/s1. The second kappa shape index (κ2) is 5.30. The summed E-state index contributed by atoms with van der Waals surface area (Å²) in [5.41, 5.74) is 1.41. The van der Waals surface area contributed by atoms with Gasteiger partial charge in [-0.1, -0.05) is 0 Å². The first kappa shape index (κ1) is 12.8. The highest BCUT2D eigenvalue weighted by molar-refractivity contribution is 5.70. The molecule has 0 aromatic carbocycles. The van der Waals surface area contributed by atoms with Gasteiger partial charge in [0.25, 0.3) is 5.56 Å². The molecule has 2 rings (SSSR count). The van der Waals surface area contributed by atoms with Gasteiger partial charge >= 0.3 is 5.97 Å². The Morgan fingerprint density at radius 2 is 2.44 bits per heavy atom. The highest BCUT2D eigenvalue weighted by Gasteiger charge is 2.25. The second-order valence-electron chi connectivity index (χ2n) is 4.45. The SMILES string of the molecule is COCCn1nc2c(cc1=O)C[C@H](C(=O)O)CC2. The lowest BCUT2D eigenvalue weighted by molar-refractivity contribution is -0.142. The van der Waals surface area contributed by atoms with Gasteiger partial charge in [0.15, 0.2) is 0 Å². The van der Waals surface area contributed by atoms with Gasteiger partial charge in [-0.3, -0.25) is 9.59 Å². The van der Waals surface area contributed by atoms with Crippen LogP contribution in [0.25, 0.3) is 0 Å². The fourth-order valence-electron chi connectivity index (χ4n) is 2.18. The van der Waals surface area contributed by atoms with E-state index >= 15 is 0 Å². The normalized spacial score (nSPS) is 18.4. The highest BCUT2D eigenvalue weighted by atomic mass is 16.5. The van der Waals surface area contributed by atoms with Crippen molar-refractivity contribution in [3.05, 3.63) is 27.7 Å². The van der Waals surface area contributed by atoms with Crippen LogP contribution in [-0.2, 0) is 28.9 Å². The fourth-order valence-corrected chi connectivity index (χ4v) is 2.18. The number of fused-ring (bicyclic) bond motifs is 1. The maximum atomic E-state index is 11.8. The van der Waals surface area contributed by atoms with Crippen LogP contribution in [0.3, 0.4) is 0 Å². The number of aromatic nitrogens is 2. The topological polar surface area (TPSA) is 81.4 Å². The molecule has 0 saturated heterocycles. The van der Waals surface area contributed by atoms with Gasteiger partial charge in [-0.15, -0.1) is 0 Å². The molecule has 0 radical (unpaired) electrons. The highest BCUT2D eigenvalue weighted by Crippen LogP contribution is 2.22. The summed E-state index contributed by atoms with van der Waals surface area (Å²) < 4.78 is 6.29. The molecule has 1 aliphatic carbocycles. The van der Waals surface area contributed by atoms with E-state index in [9.17, 15) is 9.59 Å². The first-order valence-electron chi connectivity index (χ1n) is 5.93. The van der Waals surface area contributed by atoms with E-state index in [0.717, 1.165) is 11.3 Å². The van der Waals surface area contributed by atoms with Crippen molar-refractivity contribution >= 4 is 5.97 Å². The number of methoxy groups -OCH3 is 1. The molecule has 0 saturated carbocycles. The largest absolute Gasteiger partial charge is 0.481 e. The number of carboxylic acid groups (broad SMARTS) is 1. The molecule has 98 valence electrons. The zero-order valence-corrected chi connectivity index (χ0v) is 10.3. The van der Waals surface area contributed by atoms with E-state index in [0.29, 0.717) is 32.4 Å². The van der Waals surface area contributed by atoms with Crippen molar-refractivity contribution in [3.8, 4) is 0 Å². The number of rotatable bonds is 4. The van der Waals surface area contributed by atoms with Crippen LogP contribution in [0, 0.1) is 5.92 Å². The number of nitrogens with zero attached hydrogens (tertiary/aromatic N) is 2. The summed E-state index contributed by atoms with van der Waals surface area (Å²) in [6.07, 6.45) is 1.59. The maximum absolute atomic E-state index is 11.8. The summed E-state index contributed by atoms with van der Waals surface area (Å²) in [4.78, 5) is 22.7. The maximum Gasteiger partial charge on any atom is 0.306 e. The zero-order chi connectivity index (χ0) is 13.1. The summed E-state index contributed by atoms with van der Waals surface area (Å²) in [6, 6.07) is 1.51. The van der Waals surface area contributed by atoms with Gasteiger partial charge in [0, 0.05) is 13.2 Å². The molecule has 1 atom stereocenters. The molecule has 0 spiro atoms. The number of aryl methyl sites for hydroxylation is 1. The van der Waals surface area contributed by atoms with Gasteiger partial charge in [-0.2, -0.15) is 5.10 Å². The average molecular weight is 252 g/mol. The Hall–Kier alpha value is -1.69. The number of aliphatic carboxylic acids is 1. The third-order valence-electron chi connectivity index (χ3n) is 3.22. The Balaban J connectivity index is 2.24. The number of hydrogen-bond acceptors (Lipinski definition) is 4. The van der Waals surface area contributed by atoms with E-state index in [4.69, 9.17) is 9.84 Å². The first-order valence-corrected chi connectivity index (χ1v) is 5.93. The van der Waals surface area contributed by atoms with E-state index in [1.165, 1.54) is 10.7 Å². The van der Waals surface area contributed by atoms with Crippen molar-refractivity contribution in [1.29, 1.82) is 0 Å². The molecule has 1 N–H and O–H groups in total. The molecular weight excluding hydrogens is 236 g/mol. The lowest BCUT2D eigenvalue weighted by Crippen LogP contribution is -2.30. The van der Waals surface area contributed by atoms with Crippen LogP contribution in [0.5, 0.6) is 0 Å². The minimum atomic E-state index is -0.802. The molecule has 1 heterocycles. The van der Waals surface area contributed by atoms with Gasteiger partial charge < -0.3 is 9.84 Å². The van der Waals surface area contributed by atoms with Crippen molar-refractivity contribution in [3.63, 3.8) is 0 Å². The van der Waals surface area contributed by atoms with E-state index in [2.05, 4.69) is 5.10 Å². The molecule has 0 aliphatic heterocycles. The molecule has 0 fully saturated rings. The predicted molar refractivity (Wildman–Crippen MR) is 63.5 cm³/mol. The van der Waals surface area contributed by atoms with Crippen LogP contribution in [0.1, 0.15) is 17.7 Å². The molecular formula is C12H16N2O4. The van der Waals surface area contributed by atoms with Gasteiger partial charge in [-0.05, 0) is 24.8 Å². The number of carbonyl (C=O) groups is 1. The summed E-state index contributed by atoms with van der Waals surface area (Å²) in [5, 5.41) is 13.3. The van der Waals surface area contributed by atoms with Crippen molar-refractivity contribution in [2.24, 2.45) is 5.92 Å². The van der Waals surface area contributed by atoms with Crippen LogP contribution in [0.15, 0.2) is 10.9 Å². The van der Waals surface area contributed by atoms with E-state index in [1.807, 2.05) is 0 Å². The third-order valence-corrected chi connectivity index (χ3v) is 3.22. The van der Waals surface area contributed by atoms with Crippen LogP contribution in [0.2, 0.25) is 0 Å². The molecule has 0 unspecified atom stereocenters. The van der Waals surface area contributed by atoms with Gasteiger partial charge in [0.05, 0.1) is 24.8 Å². The average Bonchev–Trinajstić information content (AvgIpc) is 2.35. The van der Waals surface area contributed by atoms with Crippen molar-refractivity contribution in [2.45, 2.75) is 25.8 Å². The summed E-state index contributed by atoms with van der Waals surface area (Å²) >= 11 is 0. The van der Waals surface area contributed by atoms with Gasteiger partial charge in [-0.25, -0.2) is 4.68 Å². The van der Waals surface area contributed by atoms with Crippen LogP contribution >= 0.6 is 0 Å².